The molecule has 3 nitrogen and oxygen atoms in total. The molecule has 0 aromatic heterocycles. The number of Topliss-reactive ketones (excluding diaryl/α,β-unsaturated/α-hetero) is 1. The molecule has 0 aromatic rings. The van der Waals surface area contributed by atoms with Crippen LogP contribution in [0.4, 0.5) is 0 Å². The van der Waals surface area contributed by atoms with Gasteiger partial charge in [0.2, 0.25) is 0 Å². The summed E-state index contributed by atoms with van der Waals surface area (Å²) in [6.07, 6.45) is 2.51. The van der Waals surface area contributed by atoms with E-state index in [1.165, 1.54) is 0 Å². The van der Waals surface area contributed by atoms with Gasteiger partial charge in [-0.15, -0.1) is 0 Å². The first-order valence-corrected chi connectivity index (χ1v) is 3.50. The van der Waals surface area contributed by atoms with Crippen molar-refractivity contribution >= 4 is 11.8 Å². The summed E-state index contributed by atoms with van der Waals surface area (Å²) in [5, 5.41) is 0. The zero-order valence-electron chi connectivity index (χ0n) is 5.50. The fourth-order valence-corrected chi connectivity index (χ4v) is 0.789. The summed E-state index contributed by atoms with van der Waals surface area (Å²) in [7, 11) is 0. The van der Waals surface area contributed by atoms with Gasteiger partial charge in [-0.3, -0.25) is 9.59 Å². The molecule has 10 heavy (non-hydrogen) atoms. The summed E-state index contributed by atoms with van der Waals surface area (Å²) < 4.78 is 4.90. The third-order valence-corrected chi connectivity index (χ3v) is 1.73. The predicted octanol–water partition coefficient (Wildman–Crippen LogP) is 0.281. The standard InChI is InChI=1S/C7H8O3/c8-6-3-5(6)7(9)10-4-1-2-4/h4-5H,1-3H2. The average Bonchev–Trinajstić information content (AvgIpc) is 2.66. The number of carbonyl (C=O) groups is 2. The zero-order chi connectivity index (χ0) is 7.14. The minimum absolute atomic E-state index is 0.0330. The van der Waals surface area contributed by atoms with Crippen LogP contribution in [0.1, 0.15) is 19.3 Å². The van der Waals surface area contributed by atoms with Crippen molar-refractivity contribution in [2.45, 2.75) is 25.4 Å². The summed E-state index contributed by atoms with van der Waals surface area (Å²) in [5.41, 5.74) is 0. The van der Waals surface area contributed by atoms with E-state index < -0.39 is 0 Å². The van der Waals surface area contributed by atoms with Gasteiger partial charge in [0.1, 0.15) is 17.8 Å². The van der Waals surface area contributed by atoms with Gasteiger partial charge in [0.15, 0.2) is 0 Å². The van der Waals surface area contributed by atoms with Crippen LogP contribution >= 0.6 is 0 Å². The van der Waals surface area contributed by atoms with Crippen molar-refractivity contribution in [1.29, 1.82) is 0 Å². The van der Waals surface area contributed by atoms with Gasteiger partial charge in [0, 0.05) is 6.42 Å². The Morgan fingerprint density at radius 2 is 2.10 bits per heavy atom. The van der Waals surface area contributed by atoms with E-state index in [4.69, 9.17) is 4.74 Å². The number of rotatable bonds is 2. The number of hydrogen-bond acceptors (Lipinski definition) is 3. The summed E-state index contributed by atoms with van der Waals surface area (Å²) >= 11 is 0. The first-order chi connectivity index (χ1) is 4.77. The van der Waals surface area contributed by atoms with Crippen molar-refractivity contribution in [3.8, 4) is 0 Å². The number of esters is 1. The predicted molar refractivity (Wildman–Crippen MR) is 32.2 cm³/mol. The van der Waals surface area contributed by atoms with Gasteiger partial charge in [0.05, 0.1) is 0 Å². The van der Waals surface area contributed by atoms with Crippen molar-refractivity contribution in [2.75, 3.05) is 0 Å². The maximum Gasteiger partial charge on any atom is 0.317 e. The zero-order valence-corrected chi connectivity index (χ0v) is 5.50. The largest absolute Gasteiger partial charge is 0.462 e. The number of hydrogen-bond donors (Lipinski definition) is 0. The Balaban J connectivity index is 1.81. The van der Waals surface area contributed by atoms with E-state index in [9.17, 15) is 9.59 Å². The van der Waals surface area contributed by atoms with E-state index in [1.54, 1.807) is 0 Å². The molecule has 0 saturated heterocycles. The molecule has 2 saturated carbocycles. The fourth-order valence-electron chi connectivity index (χ4n) is 0.789. The lowest BCUT2D eigenvalue weighted by Gasteiger charge is -1.96. The minimum Gasteiger partial charge on any atom is -0.462 e. The van der Waals surface area contributed by atoms with E-state index in [1.807, 2.05) is 0 Å². The molecule has 2 aliphatic carbocycles. The van der Waals surface area contributed by atoms with Crippen LogP contribution in [0, 0.1) is 5.92 Å². The van der Waals surface area contributed by atoms with Crippen molar-refractivity contribution in [3.63, 3.8) is 0 Å². The Hall–Kier alpha value is -0.860. The van der Waals surface area contributed by atoms with Crippen LogP contribution in [0.5, 0.6) is 0 Å². The summed E-state index contributed by atoms with van der Waals surface area (Å²) in [4.78, 5) is 21.3. The van der Waals surface area contributed by atoms with Gasteiger partial charge >= 0.3 is 5.97 Å². The van der Waals surface area contributed by atoms with Crippen LogP contribution in [0.15, 0.2) is 0 Å². The molecule has 0 heterocycles. The Kier molecular flexibility index (Phi) is 1.07. The maximum absolute atomic E-state index is 10.8. The highest BCUT2D eigenvalue weighted by molar-refractivity contribution is 6.12. The van der Waals surface area contributed by atoms with Crippen molar-refractivity contribution in [1.82, 2.24) is 0 Å². The van der Waals surface area contributed by atoms with E-state index >= 15 is 0 Å². The van der Waals surface area contributed by atoms with E-state index in [-0.39, 0.29) is 23.8 Å². The normalized spacial score (nSPS) is 30.0. The summed E-state index contributed by atoms with van der Waals surface area (Å²) in [6.45, 7) is 0. The van der Waals surface area contributed by atoms with Crippen molar-refractivity contribution in [3.05, 3.63) is 0 Å². The minimum atomic E-state index is -0.388. The second-order valence-corrected chi connectivity index (χ2v) is 2.86. The van der Waals surface area contributed by atoms with E-state index in [0.29, 0.717) is 6.42 Å². The molecule has 0 aliphatic heterocycles. The molecule has 0 radical (unpaired) electrons. The van der Waals surface area contributed by atoms with Gasteiger partial charge in [0.25, 0.3) is 0 Å². The van der Waals surface area contributed by atoms with Crippen LogP contribution in [0.25, 0.3) is 0 Å². The Bertz CT molecular complexity index is 193. The van der Waals surface area contributed by atoms with Gasteiger partial charge in [-0.25, -0.2) is 0 Å². The highest BCUT2D eigenvalue weighted by Crippen LogP contribution is 2.30. The highest BCUT2D eigenvalue weighted by atomic mass is 16.5. The van der Waals surface area contributed by atoms with Crippen LogP contribution in [-0.4, -0.2) is 17.9 Å². The molecule has 0 amide bonds. The third-order valence-electron chi connectivity index (χ3n) is 1.73. The van der Waals surface area contributed by atoms with Crippen molar-refractivity contribution < 1.29 is 14.3 Å². The SMILES string of the molecule is O=C1CC1C(=O)OC1CC1. The van der Waals surface area contributed by atoms with Crippen LogP contribution < -0.4 is 0 Å². The lowest BCUT2D eigenvalue weighted by Crippen LogP contribution is -2.09. The molecule has 0 aromatic carbocycles. The summed E-state index contributed by atoms with van der Waals surface area (Å²) in [5.74, 6) is -0.654. The molecule has 1 unspecified atom stereocenters. The van der Waals surface area contributed by atoms with Gasteiger partial charge < -0.3 is 4.74 Å². The quantitative estimate of drug-likeness (QED) is 0.408. The smallest absolute Gasteiger partial charge is 0.317 e. The van der Waals surface area contributed by atoms with E-state index in [0.717, 1.165) is 12.8 Å². The molecule has 0 spiro atoms. The fraction of sp³-hybridized carbons (Fsp3) is 0.714. The van der Waals surface area contributed by atoms with Gasteiger partial charge in [-0.2, -0.15) is 0 Å². The average molecular weight is 140 g/mol. The molecule has 0 N–H and O–H groups in total. The highest BCUT2D eigenvalue weighted by Gasteiger charge is 2.44. The van der Waals surface area contributed by atoms with E-state index in [2.05, 4.69) is 0 Å². The molecule has 2 aliphatic rings. The summed E-state index contributed by atoms with van der Waals surface area (Å²) in [6, 6.07) is 0. The van der Waals surface area contributed by atoms with Crippen LogP contribution in [0.3, 0.4) is 0 Å². The lowest BCUT2D eigenvalue weighted by atomic mass is 10.4. The molecule has 54 valence electrons. The molecular formula is C7H8O3. The maximum atomic E-state index is 10.8. The molecule has 3 heteroatoms. The second kappa shape index (κ2) is 1.81. The number of ether oxygens (including phenoxy) is 1. The van der Waals surface area contributed by atoms with Crippen LogP contribution in [0.2, 0.25) is 0 Å². The topological polar surface area (TPSA) is 43.4 Å². The Morgan fingerprint density at radius 1 is 1.50 bits per heavy atom. The first kappa shape index (κ1) is 5.89. The molecule has 2 rings (SSSR count). The monoisotopic (exact) mass is 140 g/mol. The van der Waals surface area contributed by atoms with Gasteiger partial charge in [-0.05, 0) is 12.8 Å². The first-order valence-electron chi connectivity index (χ1n) is 3.50. The molecule has 0 bridgehead atoms. The number of ketones is 1. The van der Waals surface area contributed by atoms with Gasteiger partial charge in [-0.1, -0.05) is 0 Å². The Morgan fingerprint density at radius 3 is 2.50 bits per heavy atom. The molecule has 1 atom stereocenters. The van der Waals surface area contributed by atoms with Crippen molar-refractivity contribution in [2.24, 2.45) is 5.92 Å². The second-order valence-electron chi connectivity index (χ2n) is 2.86. The van der Waals surface area contributed by atoms with Crippen LogP contribution in [-0.2, 0) is 14.3 Å². The molecule has 2 fully saturated rings. The third kappa shape index (κ3) is 1.03. The lowest BCUT2D eigenvalue weighted by molar-refractivity contribution is -0.147. The number of carbonyl (C=O) groups excluding carboxylic acids is 2. The molecular weight excluding hydrogens is 132 g/mol. The Labute approximate surface area is 58.4 Å².